The summed E-state index contributed by atoms with van der Waals surface area (Å²) in [5.74, 6) is -0.151. The molecule has 5 heteroatoms. The van der Waals surface area contributed by atoms with E-state index in [-0.39, 0.29) is 5.75 Å². The lowest BCUT2D eigenvalue weighted by Crippen LogP contribution is -2.32. The minimum Gasteiger partial charge on any atom is -0.286 e. The van der Waals surface area contributed by atoms with Gasteiger partial charge in [0.15, 0.2) is 0 Å². The van der Waals surface area contributed by atoms with E-state index in [1.54, 1.807) is 0 Å². The predicted octanol–water partition coefficient (Wildman–Crippen LogP) is 21.8. The van der Waals surface area contributed by atoms with Crippen molar-refractivity contribution in [1.82, 2.24) is 0 Å². The Morgan fingerprint density at radius 3 is 0.682 bits per heavy atom. The molecule has 0 radical (unpaired) electrons. The molecule has 0 spiro atoms. The first-order chi connectivity index (χ1) is 32.4. The zero-order valence-corrected chi connectivity index (χ0v) is 46.2. The average molecular weight is 948 g/mol. The van der Waals surface area contributed by atoms with E-state index in [0.29, 0.717) is 10.9 Å². The highest BCUT2D eigenvalue weighted by atomic mass is 32.2. The highest BCUT2D eigenvalue weighted by Crippen LogP contribution is 2.21. The Labute approximate surface area is 416 Å². The lowest BCUT2D eigenvalue weighted by Gasteiger charge is -2.27. The maximum atomic E-state index is 11.6. The molecule has 0 saturated heterocycles. The van der Waals surface area contributed by atoms with Crippen LogP contribution in [0.5, 0.6) is 0 Å². The molecule has 4 nitrogen and oxygen atoms in total. The smallest absolute Gasteiger partial charge is 0.264 e. The van der Waals surface area contributed by atoms with E-state index in [9.17, 15) is 13.0 Å². The van der Waals surface area contributed by atoms with Gasteiger partial charge >= 0.3 is 0 Å². The van der Waals surface area contributed by atoms with Crippen LogP contribution in [0.1, 0.15) is 342 Å². The first kappa shape index (κ1) is 65.1. The molecule has 0 aromatic heterocycles. The van der Waals surface area contributed by atoms with Gasteiger partial charge < -0.3 is 0 Å². The molecule has 0 aliphatic carbocycles. The van der Waals surface area contributed by atoms with Crippen LogP contribution in [0, 0.1) is 0 Å². The molecule has 0 bridgehead atoms. The van der Waals surface area contributed by atoms with Crippen molar-refractivity contribution in [3.05, 3.63) is 36.8 Å². The Kier molecular flexibility index (Phi) is 52.7. The number of allylic oxidation sites excluding steroid dienone is 3. The van der Waals surface area contributed by atoms with Gasteiger partial charge in [0, 0.05) is 0 Å². The van der Waals surface area contributed by atoms with Gasteiger partial charge in [0.1, 0.15) is 18.6 Å². The van der Waals surface area contributed by atoms with E-state index >= 15 is 0 Å². The minimum atomic E-state index is -3.94. The zero-order chi connectivity index (χ0) is 48.0. The van der Waals surface area contributed by atoms with E-state index in [0.717, 1.165) is 32.2 Å². The largest absolute Gasteiger partial charge is 0.286 e. The fourth-order valence-corrected chi connectivity index (χ4v) is 10.3. The third-order valence-corrected chi connectivity index (χ3v) is 15.1. The van der Waals surface area contributed by atoms with Crippen LogP contribution >= 0.6 is 0 Å². The van der Waals surface area contributed by atoms with Crippen molar-refractivity contribution in [3.63, 3.8) is 0 Å². The summed E-state index contributed by atoms with van der Waals surface area (Å²) >= 11 is 0. The molecule has 392 valence electrons. The third-order valence-electron chi connectivity index (χ3n) is 14.3. The maximum absolute atomic E-state index is 11.6. The SMILES string of the molecule is CCCCCCCCCCCCCCCCC/C=C/[N+](/C=C/CCCCCCCCCCCCCCCCC)(/C=C/CCCCCCCCCCCCCCCCC)CCCCS(=O)(=O)O. The fourth-order valence-electron chi connectivity index (χ4n) is 9.76. The van der Waals surface area contributed by atoms with Gasteiger partial charge in [-0.2, -0.15) is 8.42 Å². The quantitative estimate of drug-likeness (QED) is 0.0375. The van der Waals surface area contributed by atoms with E-state index in [2.05, 4.69) is 57.6 Å². The molecule has 0 unspecified atom stereocenters. The van der Waals surface area contributed by atoms with Gasteiger partial charge in [0.25, 0.3) is 10.1 Å². The van der Waals surface area contributed by atoms with Gasteiger partial charge in [0.05, 0.1) is 12.3 Å². The standard InChI is InChI=1S/C61H119NO3S/c1-4-7-10-13-16-19-22-25-28-31-34-37-40-43-46-49-52-57-62(60-55-56-61-66(63,64)65,58-53-50-47-44-41-38-35-32-29-26-23-20-17-14-11-8-5-2)59-54-51-48-45-42-39-36-33-30-27-24-21-18-15-12-9-6-3/h52-54,57-59H,4-51,55-56,60-61H2,1-3H3/p+1/b57-52+,58-53+,59-54+. The molecule has 0 aromatic rings. The van der Waals surface area contributed by atoms with E-state index in [1.165, 1.54) is 289 Å². The Morgan fingerprint density at radius 2 is 0.485 bits per heavy atom. The highest BCUT2D eigenvalue weighted by Gasteiger charge is 2.19. The van der Waals surface area contributed by atoms with E-state index in [4.69, 9.17) is 0 Å². The average Bonchev–Trinajstić information content (AvgIpc) is 3.30. The van der Waals surface area contributed by atoms with Crippen molar-refractivity contribution >= 4 is 10.1 Å². The zero-order valence-electron chi connectivity index (χ0n) is 45.4. The van der Waals surface area contributed by atoms with Crippen molar-refractivity contribution in [2.45, 2.75) is 342 Å². The first-order valence-electron chi connectivity index (χ1n) is 30.2. The summed E-state index contributed by atoms with van der Waals surface area (Å²) in [4.78, 5) is 0. The van der Waals surface area contributed by atoms with Crippen LogP contribution in [-0.2, 0) is 10.1 Å². The lowest BCUT2D eigenvalue weighted by molar-refractivity contribution is -0.774. The molecule has 0 saturated carbocycles. The Morgan fingerprint density at radius 1 is 0.288 bits per heavy atom. The van der Waals surface area contributed by atoms with Crippen molar-refractivity contribution in [3.8, 4) is 0 Å². The molecule has 0 aromatic carbocycles. The number of rotatable bonds is 56. The molecule has 0 rings (SSSR count). The van der Waals surface area contributed by atoms with E-state index < -0.39 is 10.1 Å². The van der Waals surface area contributed by atoms with Crippen LogP contribution in [0.3, 0.4) is 0 Å². The highest BCUT2D eigenvalue weighted by molar-refractivity contribution is 7.85. The monoisotopic (exact) mass is 947 g/mol. The first-order valence-corrected chi connectivity index (χ1v) is 31.9. The molecular formula is C61H120NO3S+. The van der Waals surface area contributed by atoms with Crippen LogP contribution in [-0.4, -0.2) is 29.8 Å². The summed E-state index contributed by atoms with van der Waals surface area (Å²) in [7, 11) is -3.94. The molecule has 0 amide bonds. The van der Waals surface area contributed by atoms with Gasteiger partial charge in [-0.05, 0) is 69.6 Å². The Balaban J connectivity index is 4.94. The molecule has 0 aliphatic heterocycles. The number of hydrogen-bond donors (Lipinski definition) is 1. The molecule has 0 heterocycles. The normalized spacial score (nSPS) is 12.6. The van der Waals surface area contributed by atoms with E-state index in [1.807, 2.05) is 0 Å². The number of unbranched alkanes of at least 4 members (excludes halogenated alkanes) is 46. The van der Waals surface area contributed by atoms with Gasteiger partial charge in [-0.3, -0.25) is 4.55 Å². The Bertz CT molecular complexity index is 1020. The predicted molar refractivity (Wildman–Crippen MR) is 297 cm³/mol. The van der Waals surface area contributed by atoms with Crippen molar-refractivity contribution < 1.29 is 17.5 Å². The topological polar surface area (TPSA) is 54.4 Å². The molecule has 0 fully saturated rings. The van der Waals surface area contributed by atoms with Crippen LogP contribution < -0.4 is 0 Å². The van der Waals surface area contributed by atoms with Gasteiger partial charge in [-0.1, -0.05) is 290 Å². The van der Waals surface area contributed by atoms with Gasteiger partial charge in [0.2, 0.25) is 0 Å². The molecule has 1 N–H and O–H groups in total. The number of hydrogen-bond acceptors (Lipinski definition) is 2. The second kappa shape index (κ2) is 53.4. The molecule has 66 heavy (non-hydrogen) atoms. The molecular weight excluding hydrogens is 827 g/mol. The van der Waals surface area contributed by atoms with Gasteiger partial charge in [-0.25, -0.2) is 4.48 Å². The maximum Gasteiger partial charge on any atom is 0.264 e. The summed E-state index contributed by atoms with van der Waals surface area (Å²) in [5, 5.41) is 0. The van der Waals surface area contributed by atoms with Crippen molar-refractivity contribution in [2.75, 3.05) is 12.3 Å². The number of nitrogens with zero attached hydrogens (tertiary/aromatic N) is 1. The second-order valence-corrected chi connectivity index (χ2v) is 22.7. The number of quaternary nitrogens is 1. The van der Waals surface area contributed by atoms with Crippen LogP contribution in [0.4, 0.5) is 0 Å². The Hall–Kier alpha value is -0.910. The van der Waals surface area contributed by atoms with Gasteiger partial charge in [-0.15, -0.1) is 0 Å². The van der Waals surface area contributed by atoms with Crippen molar-refractivity contribution in [2.24, 2.45) is 0 Å². The second-order valence-electron chi connectivity index (χ2n) is 21.1. The molecule has 0 aliphatic rings. The summed E-state index contributed by atoms with van der Waals surface area (Å²) < 4.78 is 33.3. The van der Waals surface area contributed by atoms with Crippen molar-refractivity contribution in [1.29, 1.82) is 0 Å². The summed E-state index contributed by atoms with van der Waals surface area (Å²) in [5.41, 5.74) is 0. The van der Waals surface area contributed by atoms with Crippen LogP contribution in [0.15, 0.2) is 36.8 Å². The fraction of sp³-hybridized carbons (Fsp3) is 0.902. The van der Waals surface area contributed by atoms with Crippen LogP contribution in [0.2, 0.25) is 0 Å². The van der Waals surface area contributed by atoms with Crippen LogP contribution in [0.25, 0.3) is 0 Å². The summed E-state index contributed by atoms with van der Waals surface area (Å²) in [6.07, 6.45) is 81.5. The summed E-state index contributed by atoms with van der Waals surface area (Å²) in [6, 6.07) is 0. The lowest BCUT2D eigenvalue weighted by atomic mass is 10.0. The third kappa shape index (κ3) is 52.5. The molecule has 0 atom stereocenters. The summed E-state index contributed by atoms with van der Waals surface area (Å²) in [6.45, 7) is 7.72. The minimum absolute atomic E-state index is 0.151.